The molecule has 0 spiro atoms. The van der Waals surface area contributed by atoms with E-state index in [2.05, 4.69) is 63.1 Å². The lowest BCUT2D eigenvalue weighted by Gasteiger charge is -2.44. The Labute approximate surface area is 140 Å². The Hall–Kier alpha value is -0.973. The molecule has 1 aromatic rings. The van der Waals surface area contributed by atoms with Gasteiger partial charge < -0.3 is 10.1 Å². The van der Waals surface area contributed by atoms with Crippen LogP contribution in [0.3, 0.4) is 0 Å². The number of benzene rings is 1. The van der Waals surface area contributed by atoms with Crippen molar-refractivity contribution in [3.05, 3.63) is 29.8 Å². The number of morpholine rings is 1. The lowest BCUT2D eigenvalue weighted by molar-refractivity contribution is -0.153. The number of nitrogens with one attached hydrogen (secondary N) is 1. The number of Topliss-reactive ketones (excluding diaryl/α,β-unsaturated/α-hetero) is 1. The van der Waals surface area contributed by atoms with Crippen LogP contribution in [0.2, 0.25) is 19.6 Å². The summed E-state index contributed by atoms with van der Waals surface area (Å²) in [6.45, 7) is 11.9. The Balaban J connectivity index is 1.93. The number of carbonyl (C=O) groups is 1. The normalized spacial score (nSPS) is 31.9. The van der Waals surface area contributed by atoms with Crippen molar-refractivity contribution < 1.29 is 9.53 Å². The van der Waals surface area contributed by atoms with Crippen LogP contribution in [-0.2, 0) is 15.1 Å². The standard InChI is InChI=1S/C19H29NO2Si/c1-13-12-20-18(17(21)14-6-7-14)19(2,22-13)15-8-10-16(11-9-15)23(3,4)5/h8-11,13-14,18,20H,6-7,12H2,1-5H3. The van der Waals surface area contributed by atoms with Gasteiger partial charge in [-0.1, -0.05) is 49.1 Å². The van der Waals surface area contributed by atoms with Gasteiger partial charge in [-0.2, -0.15) is 0 Å². The van der Waals surface area contributed by atoms with Crippen LogP contribution in [0.15, 0.2) is 24.3 Å². The second-order valence-corrected chi connectivity index (χ2v) is 13.5. The highest BCUT2D eigenvalue weighted by molar-refractivity contribution is 6.88. The molecule has 1 N–H and O–H groups in total. The van der Waals surface area contributed by atoms with Gasteiger partial charge >= 0.3 is 0 Å². The van der Waals surface area contributed by atoms with E-state index in [0.717, 1.165) is 24.9 Å². The molecule has 3 rings (SSSR count). The van der Waals surface area contributed by atoms with Gasteiger partial charge in [-0.15, -0.1) is 0 Å². The van der Waals surface area contributed by atoms with Crippen molar-refractivity contribution in [1.82, 2.24) is 5.32 Å². The molecule has 2 aliphatic rings. The Bertz CT molecular complexity index is 588. The summed E-state index contributed by atoms with van der Waals surface area (Å²) in [6, 6.07) is 8.56. The Morgan fingerprint density at radius 3 is 2.35 bits per heavy atom. The number of carbonyl (C=O) groups excluding carboxylic acids is 1. The predicted molar refractivity (Wildman–Crippen MR) is 96.8 cm³/mol. The second kappa shape index (κ2) is 5.83. The van der Waals surface area contributed by atoms with Gasteiger partial charge in [0.25, 0.3) is 0 Å². The topological polar surface area (TPSA) is 38.3 Å². The summed E-state index contributed by atoms with van der Waals surface area (Å²) in [4.78, 5) is 12.7. The maximum Gasteiger partial charge on any atom is 0.156 e. The van der Waals surface area contributed by atoms with Gasteiger partial charge in [-0.25, -0.2) is 0 Å². The number of hydrogen-bond acceptors (Lipinski definition) is 3. The monoisotopic (exact) mass is 331 g/mol. The first-order chi connectivity index (χ1) is 10.7. The number of hydrogen-bond donors (Lipinski definition) is 1. The molecule has 0 bridgehead atoms. The van der Waals surface area contributed by atoms with Gasteiger partial charge in [0.05, 0.1) is 20.2 Å². The van der Waals surface area contributed by atoms with E-state index in [-0.39, 0.29) is 18.1 Å². The maximum atomic E-state index is 12.7. The van der Waals surface area contributed by atoms with Crippen LogP contribution in [0, 0.1) is 5.92 Å². The zero-order chi connectivity index (χ0) is 16.8. The zero-order valence-electron chi connectivity index (χ0n) is 15.0. The minimum absolute atomic E-state index is 0.111. The lowest BCUT2D eigenvalue weighted by Crippen LogP contribution is -2.61. The van der Waals surface area contributed by atoms with Crippen LogP contribution in [0.4, 0.5) is 0 Å². The third kappa shape index (κ3) is 3.30. The van der Waals surface area contributed by atoms with Gasteiger partial charge in [-0.3, -0.25) is 4.79 Å². The van der Waals surface area contributed by atoms with E-state index < -0.39 is 13.7 Å². The fourth-order valence-corrected chi connectivity index (χ4v) is 4.68. The third-order valence-corrected chi connectivity index (χ3v) is 7.26. The first-order valence-electron chi connectivity index (χ1n) is 8.78. The number of ketones is 1. The average Bonchev–Trinajstić information content (AvgIpc) is 3.30. The molecule has 23 heavy (non-hydrogen) atoms. The second-order valence-electron chi connectivity index (χ2n) is 8.38. The van der Waals surface area contributed by atoms with Crippen molar-refractivity contribution in [1.29, 1.82) is 0 Å². The largest absolute Gasteiger partial charge is 0.364 e. The van der Waals surface area contributed by atoms with Crippen molar-refractivity contribution in [2.45, 2.75) is 64.1 Å². The van der Waals surface area contributed by atoms with Crippen LogP contribution < -0.4 is 10.5 Å². The molecule has 2 fully saturated rings. The smallest absolute Gasteiger partial charge is 0.156 e. The van der Waals surface area contributed by atoms with E-state index in [1.165, 1.54) is 5.19 Å². The van der Waals surface area contributed by atoms with Crippen molar-refractivity contribution in [3.8, 4) is 0 Å². The maximum absolute atomic E-state index is 12.7. The molecule has 1 heterocycles. The molecule has 1 aromatic carbocycles. The molecule has 1 aliphatic heterocycles. The number of ether oxygens (including phenoxy) is 1. The summed E-state index contributed by atoms with van der Waals surface area (Å²) in [7, 11) is -1.31. The van der Waals surface area contributed by atoms with Gasteiger partial charge in [0.1, 0.15) is 5.60 Å². The molecule has 4 heteroatoms. The highest BCUT2D eigenvalue weighted by atomic mass is 28.3. The van der Waals surface area contributed by atoms with Crippen molar-refractivity contribution in [2.75, 3.05) is 6.54 Å². The van der Waals surface area contributed by atoms with E-state index in [1.807, 2.05) is 0 Å². The molecular weight excluding hydrogens is 302 g/mol. The van der Waals surface area contributed by atoms with Gasteiger partial charge in [-0.05, 0) is 32.3 Å². The van der Waals surface area contributed by atoms with Gasteiger partial charge in [0.2, 0.25) is 0 Å². The molecular formula is C19H29NO2Si. The highest BCUT2D eigenvalue weighted by Crippen LogP contribution is 2.39. The summed E-state index contributed by atoms with van der Waals surface area (Å²) in [5, 5.41) is 4.89. The van der Waals surface area contributed by atoms with Crippen LogP contribution >= 0.6 is 0 Å². The predicted octanol–water partition coefficient (Wildman–Crippen LogP) is 2.80. The SMILES string of the molecule is CC1CNC(C(=O)C2CC2)C(C)(c2ccc([Si](C)(C)C)cc2)O1. The van der Waals surface area contributed by atoms with Crippen LogP contribution in [-0.4, -0.2) is 32.5 Å². The fourth-order valence-electron chi connectivity index (χ4n) is 3.52. The molecule has 0 radical (unpaired) electrons. The fraction of sp³-hybridized carbons (Fsp3) is 0.632. The van der Waals surface area contributed by atoms with Crippen LogP contribution in [0.5, 0.6) is 0 Å². The third-order valence-electron chi connectivity index (χ3n) is 5.19. The molecule has 3 unspecified atom stereocenters. The first kappa shape index (κ1) is 16.9. The molecule has 3 nitrogen and oxygen atoms in total. The average molecular weight is 332 g/mol. The van der Waals surface area contributed by atoms with Crippen molar-refractivity contribution in [3.63, 3.8) is 0 Å². The quantitative estimate of drug-likeness (QED) is 0.862. The Morgan fingerprint density at radius 1 is 1.22 bits per heavy atom. The van der Waals surface area contributed by atoms with Gasteiger partial charge in [0.15, 0.2) is 5.78 Å². The van der Waals surface area contributed by atoms with Crippen molar-refractivity contribution >= 4 is 19.0 Å². The van der Waals surface area contributed by atoms with E-state index in [0.29, 0.717) is 5.78 Å². The molecule has 1 saturated heterocycles. The summed E-state index contributed by atoms with van der Waals surface area (Å²) >= 11 is 0. The van der Waals surface area contributed by atoms with E-state index in [1.54, 1.807) is 0 Å². The van der Waals surface area contributed by atoms with E-state index >= 15 is 0 Å². The highest BCUT2D eigenvalue weighted by Gasteiger charge is 2.49. The van der Waals surface area contributed by atoms with Gasteiger partial charge in [0, 0.05) is 12.5 Å². The zero-order valence-corrected chi connectivity index (χ0v) is 16.0. The summed E-state index contributed by atoms with van der Waals surface area (Å²) in [5.74, 6) is 0.568. The summed E-state index contributed by atoms with van der Waals surface area (Å²) < 4.78 is 6.33. The van der Waals surface area contributed by atoms with Crippen molar-refractivity contribution in [2.24, 2.45) is 5.92 Å². The molecule has 0 aromatic heterocycles. The molecule has 1 saturated carbocycles. The van der Waals surface area contributed by atoms with E-state index in [9.17, 15) is 4.79 Å². The molecule has 126 valence electrons. The minimum atomic E-state index is -1.31. The van der Waals surface area contributed by atoms with Crippen LogP contribution in [0.1, 0.15) is 32.3 Å². The van der Waals surface area contributed by atoms with E-state index in [4.69, 9.17) is 4.74 Å². The Kier molecular flexibility index (Phi) is 4.28. The summed E-state index contributed by atoms with van der Waals surface area (Å²) in [6.07, 6.45) is 2.19. The lowest BCUT2D eigenvalue weighted by atomic mass is 9.82. The minimum Gasteiger partial charge on any atom is -0.364 e. The molecule has 3 atom stereocenters. The first-order valence-corrected chi connectivity index (χ1v) is 12.3. The number of rotatable bonds is 4. The Morgan fingerprint density at radius 2 is 1.83 bits per heavy atom. The molecule has 1 aliphatic carbocycles. The molecule has 0 amide bonds. The van der Waals surface area contributed by atoms with Crippen LogP contribution in [0.25, 0.3) is 0 Å². The summed E-state index contributed by atoms with van der Waals surface area (Å²) in [5.41, 5.74) is 0.535.